The van der Waals surface area contributed by atoms with Crippen LogP contribution in [-0.4, -0.2) is 37.0 Å². The van der Waals surface area contributed by atoms with Crippen molar-refractivity contribution < 1.29 is 23.5 Å². The normalized spacial score (nSPS) is 17.2. The van der Waals surface area contributed by atoms with E-state index in [9.17, 15) is 18.8 Å². The molecule has 1 aromatic carbocycles. The number of benzene rings is 1. The van der Waals surface area contributed by atoms with Gasteiger partial charge in [0.05, 0.1) is 19.1 Å². The number of anilines is 1. The van der Waals surface area contributed by atoms with E-state index < -0.39 is 5.97 Å². The van der Waals surface area contributed by atoms with Gasteiger partial charge in [-0.05, 0) is 31.2 Å². The highest BCUT2D eigenvalue weighted by Gasteiger charge is 2.31. The summed E-state index contributed by atoms with van der Waals surface area (Å²) in [4.78, 5) is 36.5. The molecule has 0 spiro atoms. The number of carbonyl (C=O) groups is 3. The molecular formula is C16H19FN2O4. The molecule has 1 aliphatic heterocycles. The van der Waals surface area contributed by atoms with Crippen molar-refractivity contribution in [3.05, 3.63) is 30.1 Å². The van der Waals surface area contributed by atoms with Crippen LogP contribution in [0.15, 0.2) is 24.3 Å². The summed E-state index contributed by atoms with van der Waals surface area (Å²) in [6.07, 6.45) is 0.227. The van der Waals surface area contributed by atoms with Crippen molar-refractivity contribution in [3.63, 3.8) is 0 Å². The van der Waals surface area contributed by atoms with Gasteiger partial charge in [0, 0.05) is 25.1 Å². The second-order valence-electron chi connectivity index (χ2n) is 5.25. The van der Waals surface area contributed by atoms with Gasteiger partial charge >= 0.3 is 5.97 Å². The maximum absolute atomic E-state index is 12.9. The number of ether oxygens (including phenoxy) is 1. The van der Waals surface area contributed by atoms with Crippen molar-refractivity contribution in [2.24, 2.45) is 0 Å². The summed E-state index contributed by atoms with van der Waals surface area (Å²) in [6.45, 7) is 2.31. The Morgan fingerprint density at radius 3 is 2.65 bits per heavy atom. The van der Waals surface area contributed by atoms with Gasteiger partial charge in [0.25, 0.3) is 0 Å². The number of carbonyl (C=O) groups excluding carboxylic acids is 3. The van der Waals surface area contributed by atoms with Gasteiger partial charge in [-0.3, -0.25) is 14.4 Å². The number of hydrogen-bond acceptors (Lipinski definition) is 4. The Hall–Kier alpha value is -2.44. The number of nitrogens with zero attached hydrogens (tertiary/aromatic N) is 1. The Labute approximate surface area is 133 Å². The van der Waals surface area contributed by atoms with E-state index in [0.29, 0.717) is 12.2 Å². The number of rotatable bonds is 6. The van der Waals surface area contributed by atoms with Crippen molar-refractivity contribution in [1.29, 1.82) is 0 Å². The monoisotopic (exact) mass is 322 g/mol. The van der Waals surface area contributed by atoms with E-state index in [0.717, 1.165) is 0 Å². The molecule has 2 rings (SSSR count). The number of esters is 1. The molecule has 0 aromatic heterocycles. The average Bonchev–Trinajstić information content (AvgIpc) is 2.87. The Kier molecular flexibility index (Phi) is 5.67. The van der Waals surface area contributed by atoms with E-state index in [1.165, 1.54) is 29.2 Å². The van der Waals surface area contributed by atoms with E-state index in [2.05, 4.69) is 5.32 Å². The molecule has 0 aliphatic carbocycles. The van der Waals surface area contributed by atoms with Gasteiger partial charge in [0.2, 0.25) is 11.8 Å². The van der Waals surface area contributed by atoms with Crippen LogP contribution in [0.1, 0.15) is 26.2 Å². The molecule has 124 valence electrons. The molecule has 2 amide bonds. The van der Waals surface area contributed by atoms with E-state index in [1.54, 1.807) is 6.92 Å². The minimum Gasteiger partial charge on any atom is -0.466 e. The van der Waals surface area contributed by atoms with Crippen LogP contribution in [0.5, 0.6) is 0 Å². The lowest BCUT2D eigenvalue weighted by molar-refractivity contribution is -0.144. The molecule has 0 radical (unpaired) electrons. The van der Waals surface area contributed by atoms with Gasteiger partial charge in [0.15, 0.2) is 0 Å². The standard InChI is InChI=1S/C16H19FN2O4/c1-2-23-16(22)8-7-14(20)18-12-9-15(21)19(10-12)13-5-3-11(17)4-6-13/h3-6,12H,2,7-10H2,1H3,(H,18,20)/t12-/m0/s1. The predicted molar refractivity (Wildman–Crippen MR) is 81.2 cm³/mol. The zero-order valence-corrected chi connectivity index (χ0v) is 12.9. The molecule has 1 fully saturated rings. The van der Waals surface area contributed by atoms with Crippen molar-refractivity contribution in [3.8, 4) is 0 Å². The summed E-state index contributed by atoms with van der Waals surface area (Å²) in [5, 5.41) is 2.73. The molecule has 1 saturated heterocycles. The van der Waals surface area contributed by atoms with Crippen LogP contribution < -0.4 is 10.2 Å². The first-order valence-electron chi connectivity index (χ1n) is 7.50. The van der Waals surface area contributed by atoms with Gasteiger partial charge < -0.3 is 15.0 Å². The average molecular weight is 322 g/mol. The SMILES string of the molecule is CCOC(=O)CCC(=O)N[C@H]1CC(=O)N(c2ccc(F)cc2)C1. The Bertz CT molecular complexity index is 588. The number of hydrogen-bond donors (Lipinski definition) is 1. The maximum Gasteiger partial charge on any atom is 0.306 e. The first-order chi connectivity index (χ1) is 11.0. The fraction of sp³-hybridized carbons (Fsp3) is 0.438. The second-order valence-corrected chi connectivity index (χ2v) is 5.25. The third-order valence-electron chi connectivity index (χ3n) is 3.49. The zero-order chi connectivity index (χ0) is 16.8. The van der Waals surface area contributed by atoms with Crippen LogP contribution in [0.3, 0.4) is 0 Å². The van der Waals surface area contributed by atoms with E-state index in [4.69, 9.17) is 4.74 Å². The van der Waals surface area contributed by atoms with Crippen molar-refractivity contribution in [2.45, 2.75) is 32.2 Å². The molecule has 1 atom stereocenters. The van der Waals surface area contributed by atoms with Gasteiger partial charge in [-0.1, -0.05) is 0 Å². The number of halogens is 1. The minimum atomic E-state index is -0.418. The molecule has 7 heteroatoms. The Balaban J connectivity index is 1.84. The Morgan fingerprint density at radius 2 is 2.00 bits per heavy atom. The smallest absolute Gasteiger partial charge is 0.306 e. The van der Waals surface area contributed by atoms with Crippen molar-refractivity contribution in [2.75, 3.05) is 18.1 Å². The molecule has 1 heterocycles. The molecule has 0 unspecified atom stereocenters. The van der Waals surface area contributed by atoms with E-state index >= 15 is 0 Å². The molecule has 0 saturated carbocycles. The molecular weight excluding hydrogens is 303 g/mol. The number of nitrogens with one attached hydrogen (secondary N) is 1. The van der Waals surface area contributed by atoms with Crippen LogP contribution in [0.25, 0.3) is 0 Å². The Morgan fingerprint density at radius 1 is 1.30 bits per heavy atom. The quantitative estimate of drug-likeness (QED) is 0.803. The molecule has 1 N–H and O–H groups in total. The molecule has 6 nitrogen and oxygen atoms in total. The first kappa shape index (κ1) is 16.9. The fourth-order valence-electron chi connectivity index (χ4n) is 2.42. The third-order valence-corrected chi connectivity index (χ3v) is 3.49. The lowest BCUT2D eigenvalue weighted by atomic mass is 10.2. The minimum absolute atomic E-state index is 0.0159. The zero-order valence-electron chi connectivity index (χ0n) is 12.9. The lowest BCUT2D eigenvalue weighted by Gasteiger charge is -2.17. The summed E-state index contributed by atoms with van der Waals surface area (Å²) in [7, 11) is 0. The van der Waals surface area contributed by atoms with Crippen LogP contribution in [0.4, 0.5) is 10.1 Å². The fourth-order valence-corrected chi connectivity index (χ4v) is 2.42. The van der Waals surface area contributed by atoms with E-state index in [1.807, 2.05) is 0 Å². The first-order valence-corrected chi connectivity index (χ1v) is 7.50. The van der Waals surface area contributed by atoms with Crippen LogP contribution >= 0.6 is 0 Å². The lowest BCUT2D eigenvalue weighted by Crippen LogP contribution is -2.37. The van der Waals surface area contributed by atoms with Gasteiger partial charge in [-0.15, -0.1) is 0 Å². The topological polar surface area (TPSA) is 75.7 Å². The van der Waals surface area contributed by atoms with Crippen molar-refractivity contribution >= 4 is 23.5 Å². The highest BCUT2D eigenvalue weighted by atomic mass is 19.1. The summed E-state index contributed by atoms with van der Waals surface area (Å²) in [5.74, 6) is -1.22. The maximum atomic E-state index is 12.9. The van der Waals surface area contributed by atoms with Crippen molar-refractivity contribution in [1.82, 2.24) is 5.32 Å². The van der Waals surface area contributed by atoms with Gasteiger partial charge in [-0.25, -0.2) is 4.39 Å². The predicted octanol–water partition coefficient (Wildman–Crippen LogP) is 1.39. The summed E-state index contributed by atoms with van der Waals surface area (Å²) >= 11 is 0. The summed E-state index contributed by atoms with van der Waals surface area (Å²) in [5.41, 5.74) is 0.597. The third kappa shape index (κ3) is 4.77. The summed E-state index contributed by atoms with van der Waals surface area (Å²) in [6, 6.07) is 5.31. The van der Waals surface area contributed by atoms with Crippen LogP contribution in [-0.2, 0) is 19.1 Å². The number of amides is 2. The molecule has 0 bridgehead atoms. The van der Waals surface area contributed by atoms with E-state index in [-0.39, 0.29) is 49.5 Å². The van der Waals surface area contributed by atoms with Gasteiger partial charge in [-0.2, -0.15) is 0 Å². The molecule has 1 aromatic rings. The largest absolute Gasteiger partial charge is 0.466 e. The highest BCUT2D eigenvalue weighted by Crippen LogP contribution is 2.21. The summed E-state index contributed by atoms with van der Waals surface area (Å²) < 4.78 is 17.7. The highest BCUT2D eigenvalue weighted by molar-refractivity contribution is 5.96. The second kappa shape index (κ2) is 7.71. The van der Waals surface area contributed by atoms with Gasteiger partial charge in [0.1, 0.15) is 5.82 Å². The molecule has 23 heavy (non-hydrogen) atoms. The van der Waals surface area contributed by atoms with Crippen LogP contribution in [0, 0.1) is 5.82 Å². The molecule has 1 aliphatic rings. The van der Waals surface area contributed by atoms with Crippen LogP contribution in [0.2, 0.25) is 0 Å².